The Labute approximate surface area is 90.0 Å². The Balaban J connectivity index is 1.98. The number of anilines is 1. The zero-order chi connectivity index (χ0) is 10.7. The van der Waals surface area contributed by atoms with E-state index in [2.05, 4.69) is 29.5 Å². The second-order valence-corrected chi connectivity index (χ2v) is 4.06. The fourth-order valence-corrected chi connectivity index (χ4v) is 1.37. The lowest BCUT2D eigenvalue weighted by molar-refractivity contribution is 0.136. The summed E-state index contributed by atoms with van der Waals surface area (Å²) in [5.41, 5.74) is 0. The Morgan fingerprint density at radius 3 is 2.87 bits per heavy atom. The molecule has 1 fully saturated rings. The lowest BCUT2D eigenvalue weighted by atomic mass is 10.2. The third kappa shape index (κ3) is 2.83. The highest BCUT2D eigenvalue weighted by molar-refractivity contribution is 5.37. The molecule has 1 aromatic rings. The molecule has 1 saturated heterocycles. The maximum absolute atomic E-state index is 5.66. The molecule has 2 N–H and O–H groups in total. The number of ether oxygens (including phenoxy) is 1. The number of nitrogens with zero attached hydrogens (tertiary/aromatic N) is 1. The predicted octanol–water partition coefficient (Wildman–Crippen LogP) is 1.25. The lowest BCUT2D eigenvalue weighted by Gasteiger charge is -2.27. The Morgan fingerprint density at radius 2 is 2.27 bits per heavy atom. The van der Waals surface area contributed by atoms with Gasteiger partial charge >= 0.3 is 0 Å². The topological polar surface area (TPSA) is 46.2 Å². The van der Waals surface area contributed by atoms with Gasteiger partial charge in [-0.25, -0.2) is 0 Å². The maximum Gasteiger partial charge on any atom is 0.215 e. The largest absolute Gasteiger partial charge is 0.472 e. The molecule has 1 aliphatic rings. The van der Waals surface area contributed by atoms with Crippen LogP contribution in [0.3, 0.4) is 0 Å². The first-order chi connectivity index (χ1) is 7.24. The highest BCUT2D eigenvalue weighted by Crippen LogP contribution is 2.14. The number of hydrogen-bond donors (Lipinski definition) is 2. The first-order valence-electron chi connectivity index (χ1n) is 5.35. The third-order valence-electron chi connectivity index (χ3n) is 2.19. The summed E-state index contributed by atoms with van der Waals surface area (Å²) in [7, 11) is 0. The van der Waals surface area contributed by atoms with Gasteiger partial charge in [0.05, 0.1) is 0 Å². The van der Waals surface area contributed by atoms with E-state index in [1.165, 1.54) is 0 Å². The molecule has 82 valence electrons. The van der Waals surface area contributed by atoms with Crippen LogP contribution in [0.1, 0.15) is 13.8 Å². The van der Waals surface area contributed by atoms with Crippen molar-refractivity contribution in [3.63, 3.8) is 0 Å². The molecule has 0 radical (unpaired) electrons. The van der Waals surface area contributed by atoms with E-state index in [1.54, 1.807) is 0 Å². The second kappa shape index (κ2) is 4.49. The van der Waals surface area contributed by atoms with Crippen LogP contribution in [0.2, 0.25) is 0 Å². The fraction of sp³-hybridized carbons (Fsp3) is 0.545. The molecule has 1 aromatic heterocycles. The Hall–Kier alpha value is -1.29. The quantitative estimate of drug-likeness (QED) is 0.780. The molecule has 0 unspecified atom stereocenters. The van der Waals surface area contributed by atoms with Crippen molar-refractivity contribution in [1.29, 1.82) is 0 Å². The van der Waals surface area contributed by atoms with Gasteiger partial charge in [-0.05, 0) is 19.9 Å². The predicted molar refractivity (Wildman–Crippen MR) is 60.3 cm³/mol. The van der Waals surface area contributed by atoms with Crippen molar-refractivity contribution in [1.82, 2.24) is 10.3 Å². The third-order valence-corrected chi connectivity index (χ3v) is 2.19. The van der Waals surface area contributed by atoms with E-state index in [4.69, 9.17) is 4.74 Å². The maximum atomic E-state index is 5.66. The van der Waals surface area contributed by atoms with E-state index < -0.39 is 0 Å². The van der Waals surface area contributed by atoms with E-state index in [9.17, 15) is 0 Å². The first-order valence-corrected chi connectivity index (χ1v) is 5.35. The number of pyridine rings is 1. The number of hydrogen-bond acceptors (Lipinski definition) is 4. The van der Waals surface area contributed by atoms with Crippen LogP contribution in [-0.2, 0) is 0 Å². The summed E-state index contributed by atoms with van der Waals surface area (Å²) in [5, 5.41) is 6.41. The van der Waals surface area contributed by atoms with Gasteiger partial charge in [-0.2, -0.15) is 4.98 Å². The summed E-state index contributed by atoms with van der Waals surface area (Å²) < 4.78 is 5.66. The van der Waals surface area contributed by atoms with Crippen molar-refractivity contribution in [2.75, 3.05) is 18.4 Å². The Kier molecular flexibility index (Phi) is 3.06. The van der Waals surface area contributed by atoms with Gasteiger partial charge in [0.1, 0.15) is 11.9 Å². The highest BCUT2D eigenvalue weighted by Gasteiger charge is 2.18. The average Bonchev–Trinajstić information content (AvgIpc) is 2.11. The smallest absolute Gasteiger partial charge is 0.215 e. The monoisotopic (exact) mass is 207 g/mol. The van der Waals surface area contributed by atoms with E-state index in [0.717, 1.165) is 18.9 Å². The summed E-state index contributed by atoms with van der Waals surface area (Å²) in [4.78, 5) is 4.37. The molecule has 0 bridgehead atoms. The Bertz CT molecular complexity index is 323. The van der Waals surface area contributed by atoms with Crippen LogP contribution in [0.5, 0.6) is 5.88 Å². The van der Waals surface area contributed by atoms with Gasteiger partial charge in [-0.1, -0.05) is 6.07 Å². The van der Waals surface area contributed by atoms with Crippen LogP contribution in [0, 0.1) is 0 Å². The first kappa shape index (κ1) is 10.2. The molecule has 0 amide bonds. The van der Waals surface area contributed by atoms with Gasteiger partial charge in [-0.15, -0.1) is 0 Å². The number of aromatic nitrogens is 1. The molecule has 0 saturated carbocycles. The van der Waals surface area contributed by atoms with Crippen LogP contribution in [0.4, 0.5) is 5.82 Å². The molecular formula is C11H17N3O. The van der Waals surface area contributed by atoms with Crippen molar-refractivity contribution < 1.29 is 4.74 Å². The zero-order valence-corrected chi connectivity index (χ0v) is 9.16. The van der Waals surface area contributed by atoms with Crippen LogP contribution in [-0.4, -0.2) is 30.2 Å². The van der Waals surface area contributed by atoms with Gasteiger partial charge in [0.15, 0.2) is 0 Å². The van der Waals surface area contributed by atoms with E-state index in [1.807, 2.05) is 18.2 Å². The molecule has 0 aromatic carbocycles. The molecule has 1 aliphatic heterocycles. The van der Waals surface area contributed by atoms with Gasteiger partial charge in [0.25, 0.3) is 0 Å². The molecule has 2 rings (SSSR count). The standard InChI is InChI=1S/C11H17N3O/c1-8(2)13-10-4-3-5-11(14-10)15-9-6-12-7-9/h3-5,8-9,12H,6-7H2,1-2H3,(H,13,14). The minimum Gasteiger partial charge on any atom is -0.472 e. The van der Waals surface area contributed by atoms with Crippen molar-refractivity contribution in [3.8, 4) is 5.88 Å². The van der Waals surface area contributed by atoms with E-state index in [0.29, 0.717) is 11.9 Å². The molecule has 4 nitrogen and oxygen atoms in total. The zero-order valence-electron chi connectivity index (χ0n) is 9.16. The molecule has 15 heavy (non-hydrogen) atoms. The second-order valence-electron chi connectivity index (χ2n) is 4.06. The molecular weight excluding hydrogens is 190 g/mol. The van der Waals surface area contributed by atoms with Gasteiger partial charge < -0.3 is 15.4 Å². The summed E-state index contributed by atoms with van der Waals surface area (Å²) in [6.07, 6.45) is 0.284. The van der Waals surface area contributed by atoms with Crippen molar-refractivity contribution in [2.45, 2.75) is 26.0 Å². The van der Waals surface area contributed by atoms with Crippen LogP contribution >= 0.6 is 0 Å². The minimum absolute atomic E-state index is 0.284. The fourth-order valence-electron chi connectivity index (χ4n) is 1.37. The average molecular weight is 207 g/mol. The lowest BCUT2D eigenvalue weighted by Crippen LogP contribution is -2.50. The van der Waals surface area contributed by atoms with Crippen molar-refractivity contribution in [3.05, 3.63) is 18.2 Å². The summed E-state index contributed by atoms with van der Waals surface area (Å²) >= 11 is 0. The van der Waals surface area contributed by atoms with E-state index >= 15 is 0 Å². The minimum atomic E-state index is 0.284. The highest BCUT2D eigenvalue weighted by atomic mass is 16.5. The molecule has 2 heterocycles. The molecule has 4 heteroatoms. The van der Waals surface area contributed by atoms with E-state index in [-0.39, 0.29) is 6.10 Å². The molecule has 0 aliphatic carbocycles. The van der Waals surface area contributed by atoms with Crippen LogP contribution in [0.15, 0.2) is 18.2 Å². The van der Waals surface area contributed by atoms with Crippen LogP contribution < -0.4 is 15.4 Å². The van der Waals surface area contributed by atoms with Gasteiger partial charge in [-0.3, -0.25) is 0 Å². The Morgan fingerprint density at radius 1 is 1.47 bits per heavy atom. The van der Waals surface area contributed by atoms with Crippen LogP contribution in [0.25, 0.3) is 0 Å². The normalized spacial score (nSPS) is 16.2. The van der Waals surface area contributed by atoms with Crippen molar-refractivity contribution >= 4 is 5.82 Å². The SMILES string of the molecule is CC(C)Nc1cccc(OC2CNC2)n1. The number of rotatable bonds is 4. The summed E-state index contributed by atoms with van der Waals surface area (Å²) in [6.45, 7) is 6.02. The summed E-state index contributed by atoms with van der Waals surface area (Å²) in [5.74, 6) is 1.57. The molecule has 0 spiro atoms. The van der Waals surface area contributed by atoms with Gasteiger partial charge in [0, 0.05) is 25.2 Å². The van der Waals surface area contributed by atoms with Gasteiger partial charge in [0.2, 0.25) is 5.88 Å². The summed E-state index contributed by atoms with van der Waals surface area (Å²) in [6, 6.07) is 6.19. The molecule has 0 atom stereocenters. The number of nitrogens with one attached hydrogen (secondary N) is 2. The van der Waals surface area contributed by atoms with Crippen molar-refractivity contribution in [2.24, 2.45) is 0 Å².